The van der Waals surface area contributed by atoms with Crippen LogP contribution in [-0.2, 0) is 16.4 Å². The van der Waals surface area contributed by atoms with E-state index in [4.69, 9.17) is 0 Å². The molecule has 1 fully saturated rings. The van der Waals surface area contributed by atoms with E-state index in [0.717, 1.165) is 6.07 Å². The Hall–Kier alpha value is -2.30. The lowest BCUT2D eigenvalue weighted by Gasteiger charge is -2.15. The molecule has 0 radical (unpaired) electrons. The Kier molecular flexibility index (Phi) is 3.24. The predicted molar refractivity (Wildman–Crippen MR) is 75.4 cm³/mol. The van der Waals surface area contributed by atoms with Crippen molar-refractivity contribution in [3.63, 3.8) is 0 Å². The van der Waals surface area contributed by atoms with E-state index in [1.807, 2.05) is 0 Å². The molecule has 5 heteroatoms. The maximum Gasteiger partial charge on any atom is 0.417 e. The van der Waals surface area contributed by atoms with E-state index in [2.05, 4.69) is 0 Å². The molecule has 0 saturated heterocycles. The first-order valence-electron chi connectivity index (χ1n) is 6.85. The lowest BCUT2D eigenvalue weighted by atomic mass is 9.91. The van der Waals surface area contributed by atoms with Crippen molar-refractivity contribution in [2.75, 3.05) is 0 Å². The van der Waals surface area contributed by atoms with Gasteiger partial charge in [-0.1, -0.05) is 36.4 Å². The molecule has 1 aliphatic carbocycles. The Bertz CT molecular complexity index is 731. The van der Waals surface area contributed by atoms with Crippen molar-refractivity contribution in [3.05, 3.63) is 59.7 Å². The number of alkyl halides is 3. The highest BCUT2D eigenvalue weighted by Crippen LogP contribution is 2.49. The molecule has 0 spiro atoms. The van der Waals surface area contributed by atoms with Crippen molar-refractivity contribution in [2.45, 2.75) is 24.4 Å². The van der Waals surface area contributed by atoms with Gasteiger partial charge in [0.1, 0.15) is 0 Å². The molecule has 2 aromatic rings. The molecule has 0 bridgehead atoms. The first-order chi connectivity index (χ1) is 10.3. The highest BCUT2D eigenvalue weighted by Gasteiger charge is 2.51. The third kappa shape index (κ3) is 2.36. The second kappa shape index (κ2) is 4.87. The third-order valence-electron chi connectivity index (χ3n) is 4.12. The summed E-state index contributed by atoms with van der Waals surface area (Å²) in [6.45, 7) is 0. The first kappa shape index (κ1) is 14.6. The average molecular weight is 306 g/mol. The Balaban J connectivity index is 2.10. The first-order valence-corrected chi connectivity index (χ1v) is 6.85. The lowest BCUT2D eigenvalue weighted by molar-refractivity contribution is -0.140. The molecule has 1 N–H and O–H groups in total. The summed E-state index contributed by atoms with van der Waals surface area (Å²) in [5.41, 5.74) is -0.624. The maximum atomic E-state index is 13.1. The van der Waals surface area contributed by atoms with Gasteiger partial charge in [-0.3, -0.25) is 4.79 Å². The topological polar surface area (TPSA) is 37.3 Å². The number of hydrogen-bond acceptors (Lipinski definition) is 1. The molecule has 2 aromatic carbocycles. The Morgan fingerprint density at radius 1 is 1.05 bits per heavy atom. The van der Waals surface area contributed by atoms with Gasteiger partial charge in [0.15, 0.2) is 0 Å². The van der Waals surface area contributed by atoms with E-state index in [1.54, 1.807) is 30.3 Å². The maximum absolute atomic E-state index is 13.1. The summed E-state index contributed by atoms with van der Waals surface area (Å²) in [7, 11) is 0. The van der Waals surface area contributed by atoms with Gasteiger partial charge in [-0.15, -0.1) is 0 Å². The van der Waals surface area contributed by atoms with Gasteiger partial charge in [0, 0.05) is 0 Å². The van der Waals surface area contributed by atoms with Crippen LogP contribution in [0.2, 0.25) is 0 Å². The van der Waals surface area contributed by atoms with Crippen LogP contribution in [0.3, 0.4) is 0 Å². The van der Waals surface area contributed by atoms with Crippen molar-refractivity contribution >= 4 is 5.97 Å². The van der Waals surface area contributed by atoms with Crippen LogP contribution in [0.25, 0.3) is 11.1 Å². The minimum absolute atomic E-state index is 0.0676. The fourth-order valence-electron chi connectivity index (χ4n) is 2.72. The summed E-state index contributed by atoms with van der Waals surface area (Å²) >= 11 is 0. The van der Waals surface area contributed by atoms with E-state index in [1.165, 1.54) is 12.1 Å². The number of halogens is 3. The quantitative estimate of drug-likeness (QED) is 0.907. The molecular formula is C17H13F3O2. The van der Waals surface area contributed by atoms with Crippen LogP contribution in [-0.4, -0.2) is 11.1 Å². The number of hydrogen-bond donors (Lipinski definition) is 1. The van der Waals surface area contributed by atoms with Crippen molar-refractivity contribution in [1.29, 1.82) is 0 Å². The van der Waals surface area contributed by atoms with Crippen molar-refractivity contribution in [3.8, 4) is 11.1 Å². The number of carboxylic acid groups (broad SMARTS) is 1. The standard InChI is InChI=1S/C17H13F3O2/c18-17(19,20)14-7-2-1-6-13(14)11-4-3-5-12(10-11)16(8-9-16)15(21)22/h1-7,10H,8-9H2,(H,21,22). The molecule has 0 amide bonds. The van der Waals surface area contributed by atoms with Gasteiger partial charge in [-0.25, -0.2) is 0 Å². The number of benzene rings is 2. The minimum Gasteiger partial charge on any atom is -0.481 e. The number of aliphatic carboxylic acids is 1. The molecular weight excluding hydrogens is 293 g/mol. The van der Waals surface area contributed by atoms with E-state index in [-0.39, 0.29) is 5.56 Å². The predicted octanol–water partition coefficient (Wildman–Crippen LogP) is 4.49. The fraction of sp³-hybridized carbons (Fsp3) is 0.235. The largest absolute Gasteiger partial charge is 0.481 e. The van der Waals surface area contributed by atoms with E-state index < -0.39 is 23.1 Å². The van der Waals surface area contributed by atoms with E-state index in [0.29, 0.717) is 24.0 Å². The summed E-state index contributed by atoms with van der Waals surface area (Å²) in [5, 5.41) is 9.32. The van der Waals surface area contributed by atoms with Gasteiger partial charge in [-0.2, -0.15) is 13.2 Å². The molecule has 1 saturated carbocycles. The summed E-state index contributed by atoms with van der Waals surface area (Å²) < 4.78 is 39.3. The lowest BCUT2D eigenvalue weighted by Crippen LogP contribution is -2.19. The normalized spacial score (nSPS) is 16.3. The monoisotopic (exact) mass is 306 g/mol. The molecule has 0 unspecified atom stereocenters. The molecule has 0 aromatic heterocycles. The molecule has 114 valence electrons. The van der Waals surface area contributed by atoms with Gasteiger partial charge in [0.25, 0.3) is 0 Å². The van der Waals surface area contributed by atoms with Gasteiger partial charge in [0.2, 0.25) is 0 Å². The second-order valence-corrected chi connectivity index (χ2v) is 5.51. The van der Waals surface area contributed by atoms with Crippen LogP contribution >= 0.6 is 0 Å². The Labute approximate surface area is 125 Å². The Morgan fingerprint density at radius 2 is 1.73 bits per heavy atom. The van der Waals surface area contributed by atoms with Crippen LogP contribution < -0.4 is 0 Å². The number of carboxylic acids is 1. The van der Waals surface area contributed by atoms with Crippen LogP contribution in [0.5, 0.6) is 0 Å². The molecule has 1 aliphatic rings. The van der Waals surface area contributed by atoms with Crippen LogP contribution in [0.15, 0.2) is 48.5 Å². The number of rotatable bonds is 3. The van der Waals surface area contributed by atoms with Gasteiger partial charge >= 0.3 is 12.1 Å². The van der Waals surface area contributed by atoms with Crippen LogP contribution in [0, 0.1) is 0 Å². The third-order valence-corrected chi connectivity index (χ3v) is 4.12. The van der Waals surface area contributed by atoms with Crippen molar-refractivity contribution in [1.82, 2.24) is 0 Å². The Morgan fingerprint density at radius 3 is 2.32 bits per heavy atom. The molecule has 22 heavy (non-hydrogen) atoms. The van der Waals surface area contributed by atoms with Crippen molar-refractivity contribution < 1.29 is 23.1 Å². The summed E-state index contributed by atoms with van der Waals surface area (Å²) in [4.78, 5) is 11.4. The zero-order valence-corrected chi connectivity index (χ0v) is 11.5. The number of carbonyl (C=O) groups is 1. The fourth-order valence-corrected chi connectivity index (χ4v) is 2.72. The molecule has 2 nitrogen and oxygen atoms in total. The van der Waals surface area contributed by atoms with Crippen molar-refractivity contribution in [2.24, 2.45) is 0 Å². The SMILES string of the molecule is O=C(O)C1(c2cccc(-c3ccccc3C(F)(F)F)c2)CC1. The average Bonchev–Trinajstić information content (AvgIpc) is 3.28. The minimum atomic E-state index is -4.45. The highest BCUT2D eigenvalue weighted by atomic mass is 19.4. The van der Waals surface area contributed by atoms with Gasteiger partial charge in [0.05, 0.1) is 11.0 Å². The second-order valence-electron chi connectivity index (χ2n) is 5.51. The summed E-state index contributed by atoms with van der Waals surface area (Å²) in [5.74, 6) is -0.922. The molecule has 0 aliphatic heterocycles. The zero-order chi connectivity index (χ0) is 16.0. The van der Waals surface area contributed by atoms with E-state index >= 15 is 0 Å². The summed E-state index contributed by atoms with van der Waals surface area (Å²) in [6.07, 6.45) is -3.41. The molecule has 0 atom stereocenters. The van der Waals surface area contributed by atoms with Crippen LogP contribution in [0.4, 0.5) is 13.2 Å². The molecule has 0 heterocycles. The van der Waals surface area contributed by atoms with Gasteiger partial charge in [-0.05, 0) is 41.7 Å². The van der Waals surface area contributed by atoms with Crippen LogP contribution in [0.1, 0.15) is 24.0 Å². The molecule has 3 rings (SSSR count). The highest BCUT2D eigenvalue weighted by molar-refractivity contribution is 5.85. The zero-order valence-electron chi connectivity index (χ0n) is 11.5. The smallest absolute Gasteiger partial charge is 0.417 e. The van der Waals surface area contributed by atoms with E-state index in [9.17, 15) is 23.1 Å². The summed E-state index contributed by atoms with van der Waals surface area (Å²) in [6, 6.07) is 11.7. The van der Waals surface area contributed by atoms with Gasteiger partial charge < -0.3 is 5.11 Å².